The van der Waals surface area contributed by atoms with Gasteiger partial charge in [-0.1, -0.05) is 49.0 Å². The number of hydrogen-bond acceptors (Lipinski definition) is 0. The SMILES string of the molecule is C[B]c1ccccc1CC. The fourth-order valence-electron chi connectivity index (χ4n) is 1.14. The van der Waals surface area contributed by atoms with Crippen LogP contribution in [-0.4, -0.2) is 7.28 Å². The van der Waals surface area contributed by atoms with Crippen molar-refractivity contribution in [3.63, 3.8) is 0 Å². The summed E-state index contributed by atoms with van der Waals surface area (Å²) in [4.78, 5) is 0. The Hall–Kier alpha value is -0.715. The summed E-state index contributed by atoms with van der Waals surface area (Å²) in [6.07, 6.45) is 1.13. The predicted molar refractivity (Wildman–Crippen MR) is 47.1 cm³/mol. The van der Waals surface area contributed by atoms with Crippen LogP contribution in [0.3, 0.4) is 0 Å². The standard InChI is InChI=1S/C9H12B/c1-3-8-6-4-5-7-9(8)10-2/h4-7H,3H2,1-2H3. The minimum absolute atomic E-state index is 1.13. The van der Waals surface area contributed by atoms with Crippen molar-refractivity contribution < 1.29 is 0 Å². The molecule has 1 heteroatoms. The highest BCUT2D eigenvalue weighted by Gasteiger charge is 1.94. The lowest BCUT2D eigenvalue weighted by Crippen LogP contribution is -2.15. The van der Waals surface area contributed by atoms with Gasteiger partial charge in [0.25, 0.3) is 0 Å². The predicted octanol–water partition coefficient (Wildman–Crippen LogP) is 1.63. The quantitative estimate of drug-likeness (QED) is 0.535. The lowest BCUT2D eigenvalue weighted by atomic mass is 9.70. The molecule has 1 radical (unpaired) electrons. The molecule has 0 aliphatic carbocycles. The Morgan fingerprint density at radius 1 is 1.30 bits per heavy atom. The molecule has 0 fully saturated rings. The molecular weight excluding hydrogens is 119 g/mol. The van der Waals surface area contributed by atoms with Gasteiger partial charge in [0.2, 0.25) is 0 Å². The van der Waals surface area contributed by atoms with Gasteiger partial charge < -0.3 is 0 Å². The minimum atomic E-state index is 1.13. The fourth-order valence-corrected chi connectivity index (χ4v) is 1.14. The van der Waals surface area contributed by atoms with E-state index in [1.807, 2.05) is 0 Å². The molecule has 0 aromatic heterocycles. The summed E-state index contributed by atoms with van der Waals surface area (Å²) in [6, 6.07) is 8.49. The molecule has 51 valence electrons. The van der Waals surface area contributed by atoms with Crippen LogP contribution in [0.15, 0.2) is 24.3 Å². The van der Waals surface area contributed by atoms with Gasteiger partial charge in [-0.3, -0.25) is 0 Å². The Kier molecular flexibility index (Phi) is 2.55. The number of hydrogen-bond donors (Lipinski definition) is 0. The van der Waals surface area contributed by atoms with Crippen molar-refractivity contribution in [1.29, 1.82) is 0 Å². The smallest absolute Gasteiger partial charge is 0.0872 e. The van der Waals surface area contributed by atoms with Gasteiger partial charge in [-0.2, -0.15) is 0 Å². The van der Waals surface area contributed by atoms with Gasteiger partial charge in [-0.05, 0) is 6.42 Å². The number of benzene rings is 1. The van der Waals surface area contributed by atoms with Crippen molar-refractivity contribution in [2.45, 2.75) is 20.2 Å². The van der Waals surface area contributed by atoms with Crippen molar-refractivity contribution in [2.24, 2.45) is 0 Å². The third kappa shape index (κ3) is 1.41. The molecule has 10 heavy (non-hydrogen) atoms. The van der Waals surface area contributed by atoms with Gasteiger partial charge >= 0.3 is 0 Å². The molecule has 0 amide bonds. The third-order valence-electron chi connectivity index (χ3n) is 1.75. The third-order valence-corrected chi connectivity index (χ3v) is 1.75. The van der Waals surface area contributed by atoms with Crippen LogP contribution in [0, 0.1) is 0 Å². The van der Waals surface area contributed by atoms with Gasteiger partial charge in [0.1, 0.15) is 7.28 Å². The summed E-state index contributed by atoms with van der Waals surface area (Å²) in [5.74, 6) is 0. The second kappa shape index (κ2) is 3.45. The molecule has 0 aliphatic heterocycles. The highest BCUT2D eigenvalue weighted by Crippen LogP contribution is 1.95. The van der Waals surface area contributed by atoms with E-state index in [9.17, 15) is 0 Å². The molecule has 0 saturated heterocycles. The summed E-state index contributed by atoms with van der Waals surface area (Å²) in [7, 11) is 2.15. The zero-order valence-corrected chi connectivity index (χ0v) is 6.59. The van der Waals surface area contributed by atoms with E-state index >= 15 is 0 Å². The van der Waals surface area contributed by atoms with E-state index < -0.39 is 0 Å². The first-order chi connectivity index (χ1) is 4.88. The molecule has 0 heterocycles. The highest BCUT2D eigenvalue weighted by molar-refractivity contribution is 6.52. The molecule has 0 saturated carbocycles. The maximum absolute atomic E-state index is 2.18. The van der Waals surface area contributed by atoms with Crippen LogP contribution in [0.1, 0.15) is 12.5 Å². The molecule has 0 aliphatic rings. The number of rotatable bonds is 2. The van der Waals surface area contributed by atoms with E-state index in [0.717, 1.165) is 6.42 Å². The summed E-state index contributed by atoms with van der Waals surface area (Å²) in [6.45, 7) is 4.26. The van der Waals surface area contributed by atoms with Crippen molar-refractivity contribution in [1.82, 2.24) is 0 Å². The zero-order chi connectivity index (χ0) is 7.40. The van der Waals surface area contributed by atoms with Crippen molar-refractivity contribution in [3.05, 3.63) is 29.8 Å². The molecule has 0 spiro atoms. The first-order valence-corrected chi connectivity index (χ1v) is 3.75. The van der Waals surface area contributed by atoms with Gasteiger partial charge in [0, 0.05) is 0 Å². The van der Waals surface area contributed by atoms with Gasteiger partial charge in [-0.25, -0.2) is 0 Å². The van der Waals surface area contributed by atoms with Crippen LogP contribution < -0.4 is 5.46 Å². The topological polar surface area (TPSA) is 0 Å². The fraction of sp³-hybridized carbons (Fsp3) is 0.333. The average Bonchev–Trinajstić information content (AvgIpc) is 2.04. The Labute approximate surface area is 63.5 Å². The minimum Gasteiger partial charge on any atom is -0.0872 e. The van der Waals surface area contributed by atoms with E-state index in [4.69, 9.17) is 0 Å². The second-order valence-electron chi connectivity index (χ2n) is 2.34. The van der Waals surface area contributed by atoms with E-state index in [1.165, 1.54) is 11.0 Å². The molecule has 1 aromatic rings. The largest absolute Gasteiger partial charge is 0.148 e. The Bertz CT molecular complexity index is 183. The first-order valence-electron chi connectivity index (χ1n) is 3.75. The van der Waals surface area contributed by atoms with Crippen LogP contribution in [0.5, 0.6) is 0 Å². The molecule has 1 aromatic carbocycles. The van der Waals surface area contributed by atoms with Crippen molar-refractivity contribution >= 4 is 12.7 Å². The van der Waals surface area contributed by atoms with Gasteiger partial charge in [-0.15, -0.1) is 0 Å². The average molecular weight is 131 g/mol. The molecule has 1 rings (SSSR count). The molecule has 0 nitrogen and oxygen atoms in total. The van der Waals surface area contributed by atoms with Crippen LogP contribution >= 0.6 is 0 Å². The zero-order valence-electron chi connectivity index (χ0n) is 6.59. The molecule has 0 bridgehead atoms. The molecule has 0 N–H and O–H groups in total. The monoisotopic (exact) mass is 131 g/mol. The Balaban J connectivity index is 2.96. The van der Waals surface area contributed by atoms with Crippen molar-refractivity contribution in [3.8, 4) is 0 Å². The highest BCUT2D eigenvalue weighted by atomic mass is 13.9. The van der Waals surface area contributed by atoms with E-state index in [1.54, 1.807) is 0 Å². The van der Waals surface area contributed by atoms with Gasteiger partial charge in [0.15, 0.2) is 0 Å². The Morgan fingerprint density at radius 2 is 2.00 bits per heavy atom. The summed E-state index contributed by atoms with van der Waals surface area (Å²) < 4.78 is 0. The lowest BCUT2D eigenvalue weighted by molar-refractivity contribution is 1.15. The maximum atomic E-state index is 2.18. The normalized spacial score (nSPS) is 9.40. The van der Waals surface area contributed by atoms with E-state index in [2.05, 4.69) is 45.3 Å². The summed E-state index contributed by atoms with van der Waals surface area (Å²) in [5.41, 5.74) is 2.80. The van der Waals surface area contributed by atoms with Crippen molar-refractivity contribution in [2.75, 3.05) is 0 Å². The van der Waals surface area contributed by atoms with Crippen LogP contribution in [0.25, 0.3) is 0 Å². The molecule has 0 unspecified atom stereocenters. The maximum Gasteiger partial charge on any atom is 0.148 e. The van der Waals surface area contributed by atoms with E-state index in [0.29, 0.717) is 0 Å². The molecular formula is C9H12B. The van der Waals surface area contributed by atoms with Crippen LogP contribution in [0.4, 0.5) is 0 Å². The summed E-state index contributed by atoms with van der Waals surface area (Å²) >= 11 is 0. The summed E-state index contributed by atoms with van der Waals surface area (Å²) in [5, 5.41) is 0. The first kappa shape index (κ1) is 7.39. The van der Waals surface area contributed by atoms with Gasteiger partial charge in [0.05, 0.1) is 0 Å². The molecule has 0 atom stereocenters. The second-order valence-corrected chi connectivity index (χ2v) is 2.34. The Morgan fingerprint density at radius 3 is 2.50 bits per heavy atom. The van der Waals surface area contributed by atoms with E-state index in [-0.39, 0.29) is 0 Å². The van der Waals surface area contributed by atoms with Crippen LogP contribution in [0.2, 0.25) is 6.82 Å². The lowest BCUT2D eigenvalue weighted by Gasteiger charge is -2.02. The number of aryl methyl sites for hydroxylation is 1. The van der Waals surface area contributed by atoms with Crippen LogP contribution in [-0.2, 0) is 6.42 Å².